The van der Waals surface area contributed by atoms with Gasteiger partial charge in [0.25, 0.3) is 0 Å². The van der Waals surface area contributed by atoms with Gasteiger partial charge in [-0.3, -0.25) is 9.69 Å². The van der Waals surface area contributed by atoms with Gasteiger partial charge in [-0.1, -0.05) is 48.5 Å². The number of benzene rings is 2. The molecule has 2 aromatic rings. The Hall–Kier alpha value is -2.13. The first-order chi connectivity index (χ1) is 10.6. The van der Waals surface area contributed by atoms with Crippen molar-refractivity contribution in [3.05, 3.63) is 70.8 Å². The average Bonchev–Trinajstić information content (AvgIpc) is 2.53. The largest absolute Gasteiger partial charge is 0.480 e. The zero-order chi connectivity index (χ0) is 15.7. The number of carboxylic acids is 1. The molecule has 3 nitrogen and oxygen atoms in total. The summed E-state index contributed by atoms with van der Waals surface area (Å²) in [7, 11) is 0. The second kappa shape index (κ2) is 5.93. The summed E-state index contributed by atoms with van der Waals surface area (Å²) in [6.45, 7) is 4.64. The Morgan fingerprint density at radius 3 is 2.45 bits per heavy atom. The molecule has 1 heterocycles. The molecule has 2 aromatic carbocycles. The Kier molecular flexibility index (Phi) is 3.99. The molecule has 0 saturated carbocycles. The third-order valence-electron chi connectivity index (χ3n) is 4.66. The molecule has 0 bridgehead atoms. The van der Waals surface area contributed by atoms with E-state index < -0.39 is 12.0 Å². The van der Waals surface area contributed by atoms with Crippen LogP contribution in [0.2, 0.25) is 0 Å². The van der Waals surface area contributed by atoms with Crippen molar-refractivity contribution < 1.29 is 9.90 Å². The molecule has 2 atom stereocenters. The fourth-order valence-corrected chi connectivity index (χ4v) is 3.38. The molecule has 0 saturated heterocycles. The zero-order valence-electron chi connectivity index (χ0n) is 13.0. The van der Waals surface area contributed by atoms with E-state index in [4.69, 9.17) is 0 Å². The van der Waals surface area contributed by atoms with Gasteiger partial charge in [-0.15, -0.1) is 0 Å². The van der Waals surface area contributed by atoms with Gasteiger partial charge >= 0.3 is 5.97 Å². The summed E-state index contributed by atoms with van der Waals surface area (Å²) >= 11 is 0. The van der Waals surface area contributed by atoms with E-state index in [1.807, 2.05) is 18.2 Å². The van der Waals surface area contributed by atoms with Crippen LogP contribution in [0.4, 0.5) is 0 Å². The van der Waals surface area contributed by atoms with Crippen LogP contribution >= 0.6 is 0 Å². The Labute approximate surface area is 131 Å². The Balaban J connectivity index is 2.14. The second-order valence-electron chi connectivity index (χ2n) is 5.96. The van der Waals surface area contributed by atoms with E-state index in [0.29, 0.717) is 0 Å². The third-order valence-corrected chi connectivity index (χ3v) is 4.66. The van der Waals surface area contributed by atoms with Crippen molar-refractivity contribution in [2.24, 2.45) is 0 Å². The van der Waals surface area contributed by atoms with E-state index in [0.717, 1.165) is 13.0 Å². The lowest BCUT2D eigenvalue weighted by Gasteiger charge is -2.40. The molecule has 1 aliphatic heterocycles. The fourth-order valence-electron chi connectivity index (χ4n) is 3.38. The molecule has 0 amide bonds. The number of hydrogen-bond acceptors (Lipinski definition) is 2. The van der Waals surface area contributed by atoms with Crippen LogP contribution in [-0.2, 0) is 11.2 Å². The summed E-state index contributed by atoms with van der Waals surface area (Å²) in [5.74, 6) is -0.766. The maximum atomic E-state index is 11.5. The van der Waals surface area contributed by atoms with Crippen LogP contribution in [0.25, 0.3) is 0 Å². The molecule has 1 N–H and O–H groups in total. The molecular weight excluding hydrogens is 274 g/mol. The smallest absolute Gasteiger partial charge is 0.320 e. The number of hydrogen-bond donors (Lipinski definition) is 1. The monoisotopic (exact) mass is 295 g/mol. The molecule has 1 aliphatic rings. The zero-order valence-corrected chi connectivity index (χ0v) is 13.0. The normalized spacial score (nSPS) is 19.5. The molecule has 3 rings (SSSR count). The van der Waals surface area contributed by atoms with Crippen LogP contribution in [0.5, 0.6) is 0 Å². The van der Waals surface area contributed by atoms with Crippen molar-refractivity contribution in [1.82, 2.24) is 4.90 Å². The molecule has 0 radical (unpaired) electrons. The maximum Gasteiger partial charge on any atom is 0.320 e. The molecule has 114 valence electrons. The van der Waals surface area contributed by atoms with Gasteiger partial charge in [0, 0.05) is 6.54 Å². The SMILES string of the molecule is Cc1ccccc1C1c2ccccc2CCN1[C@H](C)C(=O)O. The molecule has 0 fully saturated rings. The highest BCUT2D eigenvalue weighted by Crippen LogP contribution is 2.37. The van der Waals surface area contributed by atoms with Crippen LogP contribution in [0, 0.1) is 6.92 Å². The van der Waals surface area contributed by atoms with Gasteiger partial charge in [0.2, 0.25) is 0 Å². The van der Waals surface area contributed by atoms with Crippen molar-refractivity contribution in [1.29, 1.82) is 0 Å². The van der Waals surface area contributed by atoms with E-state index in [1.54, 1.807) is 6.92 Å². The molecule has 1 unspecified atom stereocenters. The summed E-state index contributed by atoms with van der Waals surface area (Å²) < 4.78 is 0. The molecule has 0 aromatic heterocycles. The summed E-state index contributed by atoms with van der Waals surface area (Å²) in [5.41, 5.74) is 4.95. The Morgan fingerprint density at radius 1 is 1.14 bits per heavy atom. The standard InChI is InChI=1S/C19H21NO2/c1-13-7-3-5-9-16(13)18-17-10-6-4-8-15(17)11-12-20(18)14(2)19(21)22/h3-10,14,18H,11-12H2,1-2H3,(H,21,22)/t14-,18?/m1/s1. The number of carbonyl (C=O) groups is 1. The Morgan fingerprint density at radius 2 is 1.77 bits per heavy atom. The Bertz CT molecular complexity index is 695. The van der Waals surface area contributed by atoms with Gasteiger partial charge in [0.15, 0.2) is 0 Å². The minimum Gasteiger partial charge on any atom is -0.480 e. The summed E-state index contributed by atoms with van der Waals surface area (Å²) in [6.07, 6.45) is 0.899. The van der Waals surface area contributed by atoms with Crippen LogP contribution in [-0.4, -0.2) is 28.6 Å². The van der Waals surface area contributed by atoms with E-state index in [1.165, 1.54) is 22.3 Å². The third kappa shape index (κ3) is 2.53. The molecular formula is C19H21NO2. The van der Waals surface area contributed by atoms with E-state index in [-0.39, 0.29) is 6.04 Å². The lowest BCUT2D eigenvalue weighted by atomic mass is 9.85. The van der Waals surface area contributed by atoms with Crippen molar-refractivity contribution >= 4 is 5.97 Å². The van der Waals surface area contributed by atoms with Crippen LogP contribution in [0.3, 0.4) is 0 Å². The molecule has 22 heavy (non-hydrogen) atoms. The van der Waals surface area contributed by atoms with Crippen molar-refractivity contribution in [3.8, 4) is 0 Å². The predicted molar refractivity (Wildman–Crippen MR) is 87.0 cm³/mol. The van der Waals surface area contributed by atoms with E-state index >= 15 is 0 Å². The highest BCUT2D eigenvalue weighted by atomic mass is 16.4. The summed E-state index contributed by atoms with van der Waals surface area (Å²) in [5, 5.41) is 9.47. The van der Waals surface area contributed by atoms with Gasteiger partial charge in [0.05, 0.1) is 6.04 Å². The van der Waals surface area contributed by atoms with Gasteiger partial charge in [0.1, 0.15) is 6.04 Å². The number of aryl methyl sites for hydroxylation is 1. The van der Waals surface area contributed by atoms with Gasteiger partial charge in [-0.05, 0) is 42.5 Å². The number of nitrogens with zero attached hydrogens (tertiary/aromatic N) is 1. The molecule has 0 spiro atoms. The highest BCUT2D eigenvalue weighted by molar-refractivity contribution is 5.73. The quantitative estimate of drug-likeness (QED) is 0.943. The highest BCUT2D eigenvalue weighted by Gasteiger charge is 2.34. The predicted octanol–water partition coefficient (Wildman–Crippen LogP) is 3.42. The van der Waals surface area contributed by atoms with E-state index in [2.05, 4.69) is 42.2 Å². The van der Waals surface area contributed by atoms with E-state index in [9.17, 15) is 9.90 Å². The summed E-state index contributed by atoms with van der Waals surface area (Å²) in [4.78, 5) is 13.6. The number of aliphatic carboxylic acids is 1. The minimum atomic E-state index is -0.766. The maximum absolute atomic E-state index is 11.5. The minimum absolute atomic E-state index is 0.0113. The lowest BCUT2D eigenvalue weighted by Crippen LogP contribution is -2.45. The van der Waals surface area contributed by atoms with Gasteiger partial charge in [-0.25, -0.2) is 0 Å². The van der Waals surface area contributed by atoms with Crippen LogP contribution in [0.15, 0.2) is 48.5 Å². The summed E-state index contributed by atoms with van der Waals surface area (Å²) in [6, 6.07) is 16.2. The second-order valence-corrected chi connectivity index (χ2v) is 5.96. The number of carboxylic acid groups (broad SMARTS) is 1. The topological polar surface area (TPSA) is 40.5 Å². The molecule has 0 aliphatic carbocycles. The first-order valence-electron chi connectivity index (χ1n) is 7.71. The fraction of sp³-hybridized carbons (Fsp3) is 0.316. The lowest BCUT2D eigenvalue weighted by molar-refractivity contribution is -0.143. The van der Waals surface area contributed by atoms with Gasteiger partial charge < -0.3 is 5.11 Å². The number of fused-ring (bicyclic) bond motifs is 1. The number of rotatable bonds is 3. The molecule has 3 heteroatoms. The van der Waals surface area contributed by atoms with Crippen molar-refractivity contribution in [2.75, 3.05) is 6.54 Å². The average molecular weight is 295 g/mol. The van der Waals surface area contributed by atoms with Crippen LogP contribution < -0.4 is 0 Å². The van der Waals surface area contributed by atoms with Crippen molar-refractivity contribution in [3.63, 3.8) is 0 Å². The first kappa shape index (κ1) is 14.8. The van der Waals surface area contributed by atoms with Crippen molar-refractivity contribution in [2.45, 2.75) is 32.4 Å². The first-order valence-corrected chi connectivity index (χ1v) is 7.71. The van der Waals surface area contributed by atoms with Gasteiger partial charge in [-0.2, -0.15) is 0 Å². The van der Waals surface area contributed by atoms with Crippen LogP contribution in [0.1, 0.15) is 35.2 Å².